The molecule has 1 heterocycles. The van der Waals surface area contributed by atoms with Crippen molar-refractivity contribution in [2.75, 3.05) is 0 Å². The van der Waals surface area contributed by atoms with Crippen molar-refractivity contribution in [3.8, 4) is 5.69 Å². The molecule has 0 N–H and O–H groups in total. The Hall–Kier alpha value is -2.60. The molecule has 0 atom stereocenters. The van der Waals surface area contributed by atoms with Crippen LogP contribution in [0.3, 0.4) is 0 Å². The minimum atomic E-state index is -0.523. The molecule has 0 bridgehead atoms. The number of aromatic nitrogens is 2. The first-order valence-corrected chi connectivity index (χ1v) is 8.89. The molecule has 0 aliphatic rings. The second-order valence-corrected chi connectivity index (χ2v) is 6.75. The first-order valence-electron chi connectivity index (χ1n) is 8.10. The fourth-order valence-corrected chi connectivity index (χ4v) is 2.96. The monoisotopic (exact) mass is 414 g/mol. The van der Waals surface area contributed by atoms with Gasteiger partial charge in [0.1, 0.15) is 11.6 Å². The zero-order valence-corrected chi connectivity index (χ0v) is 15.9. The number of hydrogen-bond acceptors (Lipinski definition) is 3. The summed E-state index contributed by atoms with van der Waals surface area (Å²) < 4.78 is 16.7. The molecule has 0 fully saturated rings. The van der Waals surface area contributed by atoms with Crippen LogP contribution >= 0.6 is 15.9 Å². The zero-order valence-electron chi connectivity index (χ0n) is 14.3. The second-order valence-electron chi connectivity index (χ2n) is 5.83. The average Bonchev–Trinajstić information content (AvgIpc) is 2.61. The molecular formula is C20H16BrFN2O2. The van der Waals surface area contributed by atoms with E-state index < -0.39 is 5.82 Å². The van der Waals surface area contributed by atoms with Gasteiger partial charge in [0.25, 0.3) is 5.56 Å². The number of carbonyl (C=O) groups excluding carboxylic acids is 1. The number of allylic oxidation sites excluding steroid dienone is 1. The molecule has 0 aliphatic carbocycles. The Morgan fingerprint density at radius 1 is 1.27 bits per heavy atom. The van der Waals surface area contributed by atoms with Crippen LogP contribution in [0.2, 0.25) is 0 Å². The third-order valence-electron chi connectivity index (χ3n) is 3.95. The number of carbonyl (C=O) groups is 1. The second kappa shape index (κ2) is 7.33. The molecule has 0 unspecified atom stereocenters. The summed E-state index contributed by atoms with van der Waals surface area (Å²) in [6.07, 6.45) is 3.16. The van der Waals surface area contributed by atoms with E-state index in [0.717, 1.165) is 4.47 Å². The molecule has 132 valence electrons. The van der Waals surface area contributed by atoms with E-state index in [0.29, 0.717) is 28.8 Å². The summed E-state index contributed by atoms with van der Waals surface area (Å²) >= 11 is 3.38. The quantitative estimate of drug-likeness (QED) is 0.592. The lowest BCUT2D eigenvalue weighted by Crippen LogP contribution is -2.23. The van der Waals surface area contributed by atoms with E-state index in [-0.39, 0.29) is 16.9 Å². The van der Waals surface area contributed by atoms with Gasteiger partial charge in [0, 0.05) is 22.5 Å². The van der Waals surface area contributed by atoms with Gasteiger partial charge < -0.3 is 0 Å². The minimum absolute atomic E-state index is 0.179. The van der Waals surface area contributed by atoms with Crippen LogP contribution in [0.1, 0.15) is 25.2 Å². The molecule has 0 spiro atoms. The summed E-state index contributed by atoms with van der Waals surface area (Å²) in [7, 11) is 0. The normalized spacial score (nSPS) is 11.4. The Morgan fingerprint density at radius 3 is 2.58 bits per heavy atom. The van der Waals surface area contributed by atoms with E-state index in [1.54, 1.807) is 0 Å². The van der Waals surface area contributed by atoms with Crippen molar-refractivity contribution in [2.45, 2.75) is 20.3 Å². The van der Waals surface area contributed by atoms with E-state index in [2.05, 4.69) is 20.9 Å². The smallest absolute Gasteiger partial charge is 0.265 e. The fourth-order valence-electron chi connectivity index (χ4n) is 2.70. The Morgan fingerprint density at radius 2 is 1.96 bits per heavy atom. The van der Waals surface area contributed by atoms with Crippen LogP contribution in [0.5, 0.6) is 0 Å². The summed E-state index contributed by atoms with van der Waals surface area (Å²) in [5.41, 5.74) is 0.900. The van der Waals surface area contributed by atoms with E-state index in [4.69, 9.17) is 0 Å². The van der Waals surface area contributed by atoms with Crippen molar-refractivity contribution in [3.05, 3.63) is 74.5 Å². The summed E-state index contributed by atoms with van der Waals surface area (Å²) in [5.74, 6) is -0.169. The van der Waals surface area contributed by atoms with Crippen LogP contribution in [0.25, 0.3) is 22.7 Å². The Balaban J connectivity index is 2.30. The van der Waals surface area contributed by atoms with E-state index in [1.807, 2.05) is 31.2 Å². The van der Waals surface area contributed by atoms with Crippen molar-refractivity contribution in [1.82, 2.24) is 9.55 Å². The summed E-state index contributed by atoms with van der Waals surface area (Å²) in [4.78, 5) is 28.7. The Bertz CT molecular complexity index is 1090. The molecule has 26 heavy (non-hydrogen) atoms. The maximum Gasteiger partial charge on any atom is 0.265 e. The van der Waals surface area contributed by atoms with Crippen molar-refractivity contribution in [3.63, 3.8) is 0 Å². The summed E-state index contributed by atoms with van der Waals surface area (Å²) in [5, 5.41) is 0.301. The standard InChI is InChI=1S/C20H16BrFN2O2/c1-3-19-23-18-11-17(22)13(5-4-12(2)25)10-16(18)20(26)24(19)15-8-6-14(21)7-9-15/h4-11H,3H2,1-2H3/b5-4+. The first kappa shape index (κ1) is 18.2. The topological polar surface area (TPSA) is 52.0 Å². The molecule has 0 radical (unpaired) electrons. The van der Waals surface area contributed by atoms with Gasteiger partial charge >= 0.3 is 0 Å². The number of rotatable bonds is 4. The van der Waals surface area contributed by atoms with Gasteiger partial charge in [-0.05, 0) is 49.4 Å². The molecule has 3 aromatic rings. The molecule has 0 amide bonds. The number of fused-ring (bicyclic) bond motifs is 1. The van der Waals surface area contributed by atoms with Crippen molar-refractivity contribution in [1.29, 1.82) is 0 Å². The average molecular weight is 415 g/mol. The van der Waals surface area contributed by atoms with Gasteiger partial charge in [0.2, 0.25) is 0 Å². The lowest BCUT2D eigenvalue weighted by molar-refractivity contribution is -0.112. The third kappa shape index (κ3) is 3.51. The molecule has 3 rings (SSSR count). The van der Waals surface area contributed by atoms with E-state index in [1.165, 1.54) is 35.8 Å². The number of benzene rings is 2. The largest absolute Gasteiger partial charge is 0.295 e. The number of halogens is 2. The van der Waals surface area contributed by atoms with Crippen LogP contribution < -0.4 is 5.56 Å². The number of hydrogen-bond donors (Lipinski definition) is 0. The molecule has 1 aromatic heterocycles. The molecule has 4 nitrogen and oxygen atoms in total. The number of ketones is 1. The zero-order chi connectivity index (χ0) is 18.8. The van der Waals surface area contributed by atoms with Crippen molar-refractivity contribution >= 4 is 38.7 Å². The summed E-state index contributed by atoms with van der Waals surface area (Å²) in [6.45, 7) is 3.27. The van der Waals surface area contributed by atoms with Gasteiger partial charge in [0.15, 0.2) is 5.78 Å². The van der Waals surface area contributed by atoms with Gasteiger partial charge in [0.05, 0.1) is 16.6 Å². The van der Waals surface area contributed by atoms with Gasteiger partial charge in [-0.15, -0.1) is 0 Å². The highest BCUT2D eigenvalue weighted by Gasteiger charge is 2.14. The summed E-state index contributed by atoms with van der Waals surface area (Å²) in [6, 6.07) is 10.0. The molecule has 2 aromatic carbocycles. The van der Waals surface area contributed by atoms with Crippen LogP contribution in [0, 0.1) is 5.82 Å². The Kier molecular flexibility index (Phi) is 5.13. The minimum Gasteiger partial charge on any atom is -0.295 e. The van der Waals surface area contributed by atoms with Crippen molar-refractivity contribution < 1.29 is 9.18 Å². The van der Waals surface area contributed by atoms with Crippen LogP contribution in [-0.4, -0.2) is 15.3 Å². The third-order valence-corrected chi connectivity index (χ3v) is 4.48. The lowest BCUT2D eigenvalue weighted by Gasteiger charge is -2.13. The van der Waals surface area contributed by atoms with Crippen LogP contribution in [0.15, 0.2) is 51.7 Å². The van der Waals surface area contributed by atoms with Gasteiger partial charge in [-0.1, -0.05) is 22.9 Å². The molecule has 0 saturated carbocycles. The maximum absolute atomic E-state index is 14.3. The molecule has 0 aliphatic heterocycles. The van der Waals surface area contributed by atoms with Crippen LogP contribution in [0.4, 0.5) is 4.39 Å². The molecule has 6 heteroatoms. The lowest BCUT2D eigenvalue weighted by atomic mass is 10.1. The highest BCUT2D eigenvalue weighted by atomic mass is 79.9. The molecular weight excluding hydrogens is 399 g/mol. The van der Waals surface area contributed by atoms with Crippen molar-refractivity contribution in [2.24, 2.45) is 0 Å². The SMILES string of the molecule is CCc1nc2cc(F)c(/C=C/C(C)=O)cc2c(=O)n1-c1ccc(Br)cc1. The van der Waals surface area contributed by atoms with Crippen LogP contribution in [-0.2, 0) is 11.2 Å². The van der Waals surface area contributed by atoms with E-state index in [9.17, 15) is 14.0 Å². The van der Waals surface area contributed by atoms with Gasteiger partial charge in [-0.2, -0.15) is 0 Å². The predicted molar refractivity (Wildman–Crippen MR) is 104 cm³/mol. The van der Waals surface area contributed by atoms with E-state index >= 15 is 0 Å². The highest BCUT2D eigenvalue weighted by Crippen LogP contribution is 2.20. The fraction of sp³-hybridized carbons (Fsp3) is 0.150. The first-order chi connectivity index (χ1) is 12.4. The number of nitrogens with zero attached hydrogens (tertiary/aromatic N) is 2. The maximum atomic E-state index is 14.3. The molecule has 0 saturated heterocycles. The highest BCUT2D eigenvalue weighted by molar-refractivity contribution is 9.10. The Labute approximate surface area is 158 Å². The van der Waals surface area contributed by atoms with Gasteiger partial charge in [-0.25, -0.2) is 9.37 Å². The predicted octanol–water partition coefficient (Wildman–Crippen LogP) is 4.45. The number of aryl methyl sites for hydroxylation is 1. The van der Waals surface area contributed by atoms with Gasteiger partial charge in [-0.3, -0.25) is 14.2 Å².